The minimum atomic E-state index is -4.81. The molecule has 212 valence electrons. The van der Waals surface area contributed by atoms with Crippen molar-refractivity contribution in [1.29, 1.82) is 0 Å². The SMILES string of the molecule is CCn1cc(S(=O)(=O)N2C[C@@H](CS(=O)(=O)CC)Oc3ncc(CC(=O)OC(C)(C)C(F)(F)F)cc32)c(Cl)n1. The van der Waals surface area contributed by atoms with E-state index in [-0.39, 0.29) is 32.9 Å². The predicted octanol–water partition coefficient (Wildman–Crippen LogP) is 2.77. The molecular formula is C21H26ClF3N4O7S2. The largest absolute Gasteiger partial charge is 0.470 e. The van der Waals surface area contributed by atoms with E-state index in [1.165, 1.54) is 23.9 Å². The van der Waals surface area contributed by atoms with Crippen LogP contribution < -0.4 is 9.04 Å². The molecule has 0 unspecified atom stereocenters. The highest BCUT2D eigenvalue weighted by atomic mass is 35.5. The Bertz CT molecular complexity index is 1430. The van der Waals surface area contributed by atoms with Gasteiger partial charge in [-0.15, -0.1) is 0 Å². The number of sulfonamides is 1. The van der Waals surface area contributed by atoms with Crippen molar-refractivity contribution >= 4 is 43.1 Å². The number of pyridine rings is 1. The molecular weight excluding hydrogens is 577 g/mol. The third kappa shape index (κ3) is 6.34. The number of esters is 1. The number of sulfone groups is 1. The Hall–Kier alpha value is -2.59. The minimum absolute atomic E-state index is 0.0329. The van der Waals surface area contributed by atoms with Crippen LogP contribution in [0.2, 0.25) is 5.15 Å². The maximum absolute atomic E-state index is 13.7. The van der Waals surface area contributed by atoms with Gasteiger partial charge in [-0.05, 0) is 32.4 Å². The van der Waals surface area contributed by atoms with Gasteiger partial charge in [-0.2, -0.15) is 18.3 Å². The van der Waals surface area contributed by atoms with Gasteiger partial charge in [-0.25, -0.2) is 21.8 Å². The van der Waals surface area contributed by atoms with Gasteiger partial charge in [0.25, 0.3) is 10.0 Å². The topological polar surface area (TPSA) is 138 Å². The van der Waals surface area contributed by atoms with Gasteiger partial charge in [0.2, 0.25) is 11.5 Å². The van der Waals surface area contributed by atoms with Gasteiger partial charge in [0, 0.05) is 24.7 Å². The Morgan fingerprint density at radius 1 is 1.24 bits per heavy atom. The van der Waals surface area contributed by atoms with E-state index < -0.39 is 62.4 Å². The molecule has 0 aromatic carbocycles. The number of nitrogens with zero attached hydrogens (tertiary/aromatic N) is 4. The molecule has 0 spiro atoms. The Labute approximate surface area is 222 Å². The van der Waals surface area contributed by atoms with Gasteiger partial charge >= 0.3 is 12.1 Å². The molecule has 2 aromatic rings. The maximum atomic E-state index is 13.7. The van der Waals surface area contributed by atoms with Crippen LogP contribution in [0.5, 0.6) is 5.88 Å². The molecule has 0 bridgehead atoms. The lowest BCUT2D eigenvalue weighted by atomic mass is 10.1. The van der Waals surface area contributed by atoms with Gasteiger partial charge < -0.3 is 9.47 Å². The van der Waals surface area contributed by atoms with Crippen LogP contribution in [0.1, 0.15) is 33.3 Å². The number of aryl methyl sites for hydroxylation is 1. The number of hydrogen-bond donors (Lipinski definition) is 0. The smallest absolute Gasteiger partial charge is 0.427 e. The number of fused-ring (bicyclic) bond motifs is 1. The van der Waals surface area contributed by atoms with Crippen LogP contribution in [0.4, 0.5) is 18.9 Å². The summed E-state index contributed by atoms with van der Waals surface area (Å²) in [6, 6.07) is 1.20. The predicted molar refractivity (Wildman–Crippen MR) is 130 cm³/mol. The lowest BCUT2D eigenvalue weighted by Gasteiger charge is -2.34. The minimum Gasteiger partial charge on any atom is -0.470 e. The molecule has 2 aromatic heterocycles. The van der Waals surface area contributed by atoms with Crippen molar-refractivity contribution in [3.05, 3.63) is 29.2 Å². The number of anilines is 1. The van der Waals surface area contributed by atoms with Crippen molar-refractivity contribution in [2.75, 3.05) is 22.4 Å². The maximum Gasteiger partial charge on any atom is 0.427 e. The first-order valence-corrected chi connectivity index (χ1v) is 14.9. The number of carbonyl (C=O) groups is 1. The van der Waals surface area contributed by atoms with Gasteiger partial charge in [-0.1, -0.05) is 18.5 Å². The number of carbonyl (C=O) groups excluding carboxylic acids is 1. The lowest BCUT2D eigenvalue weighted by molar-refractivity contribution is -0.257. The van der Waals surface area contributed by atoms with E-state index in [1.54, 1.807) is 6.92 Å². The molecule has 3 heterocycles. The monoisotopic (exact) mass is 602 g/mol. The molecule has 1 atom stereocenters. The van der Waals surface area contributed by atoms with Crippen LogP contribution in [0, 0.1) is 0 Å². The molecule has 0 aliphatic carbocycles. The van der Waals surface area contributed by atoms with Crippen molar-refractivity contribution in [1.82, 2.24) is 14.8 Å². The zero-order valence-corrected chi connectivity index (χ0v) is 23.2. The molecule has 0 fully saturated rings. The van der Waals surface area contributed by atoms with E-state index in [9.17, 15) is 34.8 Å². The Morgan fingerprint density at radius 3 is 2.45 bits per heavy atom. The quantitative estimate of drug-likeness (QED) is 0.397. The standard InChI is InChI=1S/C21H26ClF3N4O7S2/c1-5-28-11-16(18(22)27-28)38(33,34)29-10-14(12-37(31,32)6-2)35-19-15(29)7-13(9-26-19)8-17(30)36-20(3,4)21(23,24)25/h7,9,11,14H,5-6,8,10,12H2,1-4H3/t14-/m0/s1. The number of halogens is 4. The van der Waals surface area contributed by atoms with Gasteiger partial charge in [0.05, 0.1) is 18.7 Å². The van der Waals surface area contributed by atoms with E-state index in [0.717, 1.165) is 10.5 Å². The zero-order chi connectivity index (χ0) is 28.7. The summed E-state index contributed by atoms with van der Waals surface area (Å²) in [6.07, 6.45) is -4.29. The number of rotatable bonds is 9. The van der Waals surface area contributed by atoms with Gasteiger partial charge in [0.15, 0.2) is 15.0 Å². The second-order valence-corrected chi connectivity index (χ2v) is 13.5. The lowest BCUT2D eigenvalue weighted by Crippen LogP contribution is -2.46. The average molecular weight is 603 g/mol. The van der Waals surface area contributed by atoms with Crippen molar-refractivity contribution in [3.63, 3.8) is 0 Å². The zero-order valence-electron chi connectivity index (χ0n) is 20.8. The van der Waals surface area contributed by atoms with Crippen molar-refractivity contribution in [2.45, 2.75) is 63.4 Å². The summed E-state index contributed by atoms with van der Waals surface area (Å²) in [6.45, 7) is 4.41. The van der Waals surface area contributed by atoms with Crippen LogP contribution in [-0.4, -0.2) is 73.5 Å². The summed E-state index contributed by atoms with van der Waals surface area (Å²) >= 11 is 6.08. The summed E-state index contributed by atoms with van der Waals surface area (Å²) < 4.78 is 103. The van der Waals surface area contributed by atoms with Gasteiger partial charge in [0.1, 0.15) is 16.7 Å². The summed E-state index contributed by atoms with van der Waals surface area (Å²) in [7, 11) is -8.03. The average Bonchev–Trinajstić information content (AvgIpc) is 3.19. The van der Waals surface area contributed by atoms with E-state index in [4.69, 9.17) is 16.3 Å². The fourth-order valence-corrected chi connectivity index (χ4v) is 6.33. The summed E-state index contributed by atoms with van der Waals surface area (Å²) in [5, 5.41) is 3.61. The van der Waals surface area contributed by atoms with Crippen LogP contribution >= 0.6 is 11.6 Å². The molecule has 0 amide bonds. The van der Waals surface area contributed by atoms with Crippen LogP contribution in [-0.2, 0) is 42.4 Å². The highest BCUT2D eigenvalue weighted by Crippen LogP contribution is 2.38. The molecule has 1 aliphatic rings. The number of alkyl halides is 3. The first-order chi connectivity index (χ1) is 17.4. The first kappa shape index (κ1) is 30.0. The highest BCUT2D eigenvalue weighted by Gasteiger charge is 2.50. The van der Waals surface area contributed by atoms with Crippen LogP contribution in [0.15, 0.2) is 23.4 Å². The third-order valence-electron chi connectivity index (χ3n) is 5.66. The number of ether oxygens (including phenoxy) is 2. The van der Waals surface area contributed by atoms with Crippen molar-refractivity contribution < 1.29 is 44.3 Å². The number of hydrogen-bond acceptors (Lipinski definition) is 9. The summed E-state index contributed by atoms with van der Waals surface area (Å²) in [5.74, 6) is -2.17. The fourth-order valence-electron chi connectivity index (χ4n) is 3.42. The number of aromatic nitrogens is 3. The molecule has 0 saturated carbocycles. The van der Waals surface area contributed by atoms with E-state index in [1.807, 2.05) is 0 Å². The Kier molecular flexibility index (Phi) is 8.30. The van der Waals surface area contributed by atoms with E-state index in [0.29, 0.717) is 20.4 Å². The molecule has 17 heteroatoms. The second-order valence-electron chi connectivity index (χ2n) is 8.94. The Morgan fingerprint density at radius 2 is 1.89 bits per heavy atom. The normalized spacial score (nSPS) is 16.6. The molecule has 38 heavy (non-hydrogen) atoms. The van der Waals surface area contributed by atoms with Crippen LogP contribution in [0.3, 0.4) is 0 Å². The summed E-state index contributed by atoms with van der Waals surface area (Å²) in [5.41, 5.74) is -2.88. The van der Waals surface area contributed by atoms with E-state index in [2.05, 4.69) is 14.8 Å². The van der Waals surface area contributed by atoms with Gasteiger partial charge in [-0.3, -0.25) is 13.8 Å². The van der Waals surface area contributed by atoms with E-state index >= 15 is 0 Å². The van der Waals surface area contributed by atoms with Crippen molar-refractivity contribution in [3.8, 4) is 5.88 Å². The highest BCUT2D eigenvalue weighted by molar-refractivity contribution is 7.93. The van der Waals surface area contributed by atoms with Crippen LogP contribution in [0.25, 0.3) is 0 Å². The fraction of sp³-hybridized carbons (Fsp3) is 0.571. The molecule has 0 radical (unpaired) electrons. The van der Waals surface area contributed by atoms with Crippen molar-refractivity contribution in [2.24, 2.45) is 0 Å². The Balaban J connectivity index is 2.02. The molecule has 3 rings (SSSR count). The summed E-state index contributed by atoms with van der Waals surface area (Å²) in [4.78, 5) is 15.9. The molecule has 1 aliphatic heterocycles. The molecule has 0 N–H and O–H groups in total. The molecule has 0 saturated heterocycles. The third-order valence-corrected chi connectivity index (χ3v) is 9.59. The second kappa shape index (κ2) is 10.5. The molecule has 11 nitrogen and oxygen atoms in total. The first-order valence-electron chi connectivity index (χ1n) is 11.3.